The molecule has 2 rings (SSSR count). The van der Waals surface area contributed by atoms with Gasteiger partial charge < -0.3 is 4.43 Å². The summed E-state index contributed by atoms with van der Waals surface area (Å²) in [6, 6.07) is 8.99. The van der Waals surface area contributed by atoms with E-state index < -0.39 is 8.32 Å². The molecule has 0 saturated heterocycles. The van der Waals surface area contributed by atoms with Crippen LogP contribution in [0.5, 0.6) is 5.75 Å². The largest absolute Gasteiger partial charge is 0.544 e. The summed E-state index contributed by atoms with van der Waals surface area (Å²) in [5, 5.41) is 0. The number of halogens is 1. The van der Waals surface area contributed by atoms with Crippen LogP contribution in [0, 0.1) is 0 Å². The molecular weight excluding hydrogens is 408 g/mol. The van der Waals surface area contributed by atoms with Crippen LogP contribution in [-0.4, -0.2) is 8.32 Å². The number of hydrogen-bond acceptors (Lipinski definition) is 2. The summed E-state index contributed by atoms with van der Waals surface area (Å²) in [5.74, 6) is 1.11. The van der Waals surface area contributed by atoms with Crippen LogP contribution in [0.3, 0.4) is 0 Å². The minimum Gasteiger partial charge on any atom is -0.544 e. The Morgan fingerprint density at radius 1 is 0.880 bits per heavy atom. The average Bonchev–Trinajstić information content (AvgIpc) is 2.81. The van der Waals surface area contributed by atoms with Crippen molar-refractivity contribution < 1.29 is 4.43 Å². The van der Waals surface area contributed by atoms with Crippen LogP contribution in [0.15, 0.2) is 28.1 Å². The Hall–Kier alpha value is -0.583. The second kappa shape index (κ2) is 6.86. The van der Waals surface area contributed by atoms with E-state index in [2.05, 4.69) is 101 Å². The summed E-state index contributed by atoms with van der Waals surface area (Å²) >= 11 is 5.38. The molecule has 1 aromatic carbocycles. The maximum Gasteiger partial charge on any atom is 0.242 e. The molecule has 0 saturated carbocycles. The second-order valence-corrected chi connectivity index (χ2v) is 16.6. The highest BCUT2D eigenvalue weighted by molar-refractivity contribution is 9.11. The number of hydrogen-bond donors (Lipinski definition) is 0. The third-order valence-electron chi connectivity index (χ3n) is 3.97. The molecule has 1 aromatic heterocycles. The van der Waals surface area contributed by atoms with Gasteiger partial charge >= 0.3 is 0 Å². The van der Waals surface area contributed by atoms with Crippen LogP contribution in [0.2, 0.25) is 19.6 Å². The summed E-state index contributed by atoms with van der Waals surface area (Å²) < 4.78 is 7.81. The third kappa shape index (κ3) is 5.21. The van der Waals surface area contributed by atoms with Crippen LogP contribution in [0.4, 0.5) is 0 Å². The van der Waals surface area contributed by atoms with E-state index in [0.29, 0.717) is 0 Å². The average molecular weight is 440 g/mol. The van der Waals surface area contributed by atoms with E-state index in [4.69, 9.17) is 4.43 Å². The molecular formula is C21H31BrOSSi. The Balaban J connectivity index is 2.81. The maximum atomic E-state index is 6.65. The predicted molar refractivity (Wildman–Crippen MR) is 119 cm³/mol. The van der Waals surface area contributed by atoms with Gasteiger partial charge in [0.15, 0.2) is 0 Å². The second-order valence-electron chi connectivity index (χ2n) is 9.72. The fourth-order valence-corrected chi connectivity index (χ4v) is 4.98. The third-order valence-corrected chi connectivity index (χ3v) is 6.46. The lowest BCUT2D eigenvalue weighted by molar-refractivity contribution is 0.478. The Bertz CT molecular complexity index is 722. The summed E-state index contributed by atoms with van der Waals surface area (Å²) in [6.45, 7) is 20.4. The van der Waals surface area contributed by atoms with Gasteiger partial charge in [-0.05, 0) is 87.4 Å². The summed E-state index contributed by atoms with van der Waals surface area (Å²) in [7, 11) is -1.72. The van der Waals surface area contributed by atoms with Gasteiger partial charge in [-0.25, -0.2) is 0 Å². The maximum absolute atomic E-state index is 6.65. The van der Waals surface area contributed by atoms with Gasteiger partial charge in [-0.2, -0.15) is 0 Å². The highest BCUT2D eigenvalue weighted by Crippen LogP contribution is 2.45. The van der Waals surface area contributed by atoms with Crippen molar-refractivity contribution in [3.8, 4) is 16.2 Å². The van der Waals surface area contributed by atoms with E-state index in [1.54, 1.807) is 11.3 Å². The minimum atomic E-state index is -1.72. The Morgan fingerprint density at radius 3 is 1.68 bits per heavy atom. The van der Waals surface area contributed by atoms with Gasteiger partial charge in [0.2, 0.25) is 8.32 Å². The quantitative estimate of drug-likeness (QED) is 0.441. The fraction of sp³-hybridized carbons (Fsp3) is 0.524. The molecule has 0 aliphatic carbocycles. The smallest absolute Gasteiger partial charge is 0.242 e. The Morgan fingerprint density at radius 2 is 1.36 bits per heavy atom. The van der Waals surface area contributed by atoms with E-state index in [1.807, 2.05) is 0 Å². The Labute approximate surface area is 167 Å². The molecule has 2 aromatic rings. The summed E-state index contributed by atoms with van der Waals surface area (Å²) in [4.78, 5) is 1.29. The molecule has 0 atom stereocenters. The number of benzene rings is 1. The van der Waals surface area contributed by atoms with Crippen LogP contribution in [0.1, 0.15) is 52.7 Å². The van der Waals surface area contributed by atoms with Crippen LogP contribution in [0.25, 0.3) is 10.4 Å². The molecule has 0 N–H and O–H groups in total. The first-order valence-electron chi connectivity index (χ1n) is 8.82. The molecule has 0 unspecified atom stereocenters. The van der Waals surface area contributed by atoms with Gasteiger partial charge in [-0.1, -0.05) is 41.5 Å². The SMILES string of the molecule is CC(C)(C)c1cc(-c2ccc(Br)s2)cc(C(C)(C)C)c1O[Si](C)(C)C. The van der Waals surface area contributed by atoms with Crippen molar-refractivity contribution in [2.75, 3.05) is 0 Å². The first-order valence-corrected chi connectivity index (χ1v) is 13.8. The van der Waals surface area contributed by atoms with E-state index in [0.717, 1.165) is 5.75 Å². The molecule has 0 aliphatic heterocycles. The van der Waals surface area contributed by atoms with Gasteiger partial charge in [0.25, 0.3) is 0 Å². The zero-order valence-corrected chi connectivity index (χ0v) is 20.4. The topological polar surface area (TPSA) is 9.23 Å². The molecule has 0 radical (unpaired) electrons. The van der Waals surface area contributed by atoms with Crippen LogP contribution >= 0.6 is 27.3 Å². The normalized spacial score (nSPS) is 13.2. The minimum absolute atomic E-state index is 0.0273. The van der Waals surface area contributed by atoms with Gasteiger partial charge in [0, 0.05) is 4.88 Å². The van der Waals surface area contributed by atoms with Gasteiger partial charge in [0.1, 0.15) is 5.75 Å². The summed E-state index contributed by atoms with van der Waals surface area (Å²) in [6.07, 6.45) is 0. The van der Waals surface area contributed by atoms with Crippen molar-refractivity contribution in [2.24, 2.45) is 0 Å². The molecule has 0 amide bonds. The fourth-order valence-electron chi connectivity index (χ4n) is 2.77. The van der Waals surface area contributed by atoms with Crippen molar-refractivity contribution in [2.45, 2.75) is 72.0 Å². The van der Waals surface area contributed by atoms with Crippen LogP contribution < -0.4 is 4.43 Å². The van der Waals surface area contributed by atoms with E-state index in [1.165, 1.54) is 25.4 Å². The van der Waals surface area contributed by atoms with Gasteiger partial charge in [0.05, 0.1) is 3.79 Å². The van der Waals surface area contributed by atoms with Gasteiger partial charge in [-0.3, -0.25) is 0 Å². The molecule has 4 heteroatoms. The molecule has 1 heterocycles. The monoisotopic (exact) mass is 438 g/mol. The van der Waals surface area contributed by atoms with Crippen molar-refractivity contribution in [3.05, 3.63) is 39.2 Å². The Kier molecular flexibility index (Phi) is 5.69. The number of rotatable bonds is 3. The highest BCUT2D eigenvalue weighted by atomic mass is 79.9. The lowest BCUT2D eigenvalue weighted by Gasteiger charge is -2.34. The molecule has 25 heavy (non-hydrogen) atoms. The van der Waals surface area contributed by atoms with E-state index in [9.17, 15) is 0 Å². The van der Waals surface area contributed by atoms with Crippen LogP contribution in [-0.2, 0) is 10.8 Å². The molecule has 0 fully saturated rings. The first kappa shape index (κ1) is 20.7. The highest BCUT2D eigenvalue weighted by Gasteiger charge is 2.31. The predicted octanol–water partition coefficient (Wildman–Crippen LogP) is 7.99. The molecule has 1 nitrogen and oxygen atoms in total. The van der Waals surface area contributed by atoms with E-state index >= 15 is 0 Å². The van der Waals surface area contributed by atoms with Crippen molar-refractivity contribution >= 4 is 35.6 Å². The molecule has 0 bridgehead atoms. The lowest BCUT2D eigenvalue weighted by atomic mass is 9.78. The van der Waals surface area contributed by atoms with Crippen molar-refractivity contribution in [1.29, 1.82) is 0 Å². The zero-order chi connectivity index (χ0) is 19.2. The zero-order valence-electron chi connectivity index (χ0n) is 17.0. The number of thiophene rings is 1. The first-order chi connectivity index (χ1) is 11.2. The molecule has 138 valence electrons. The van der Waals surface area contributed by atoms with E-state index in [-0.39, 0.29) is 10.8 Å². The summed E-state index contributed by atoms with van der Waals surface area (Å²) in [5.41, 5.74) is 3.95. The van der Waals surface area contributed by atoms with Crippen molar-refractivity contribution in [1.82, 2.24) is 0 Å². The van der Waals surface area contributed by atoms with Gasteiger partial charge in [-0.15, -0.1) is 11.3 Å². The van der Waals surface area contributed by atoms with Crippen molar-refractivity contribution in [3.63, 3.8) is 0 Å². The lowest BCUT2D eigenvalue weighted by Crippen LogP contribution is -2.32. The molecule has 0 spiro atoms. The molecule has 0 aliphatic rings. The standard InChI is InChI=1S/C21H31BrOSSi/c1-20(2,3)15-12-14(17-10-11-18(22)24-17)13-16(21(4,5)6)19(15)23-25(7,8)9/h10-13H,1-9H3.